The van der Waals surface area contributed by atoms with E-state index in [2.05, 4.69) is 39.1 Å². The number of thiophene rings is 1. The zero-order valence-corrected chi connectivity index (χ0v) is 11.5. The van der Waals surface area contributed by atoms with Gasteiger partial charge in [0.15, 0.2) is 0 Å². The summed E-state index contributed by atoms with van der Waals surface area (Å²) < 4.78 is 0. The van der Waals surface area contributed by atoms with Crippen LogP contribution in [0.4, 0.5) is 0 Å². The zero-order chi connectivity index (χ0) is 12.0. The Hall–Kier alpha value is -0.340. The molecule has 1 aliphatic carbocycles. The van der Waals surface area contributed by atoms with Gasteiger partial charge in [0.05, 0.1) is 5.60 Å². The molecule has 2 rings (SSSR count). The highest BCUT2D eigenvalue weighted by Gasteiger charge is 2.47. The Morgan fingerprint density at radius 3 is 2.06 bits per heavy atom. The van der Waals surface area contributed by atoms with Gasteiger partial charge in [-0.3, -0.25) is 0 Å². The third kappa shape index (κ3) is 2.33. The average molecular weight is 238 g/mol. The second-order valence-corrected chi connectivity index (χ2v) is 7.82. The maximum Gasteiger partial charge on any atom is 0.0998 e. The van der Waals surface area contributed by atoms with Crippen LogP contribution in [0.3, 0.4) is 0 Å². The van der Waals surface area contributed by atoms with Crippen molar-refractivity contribution < 1.29 is 5.11 Å². The molecule has 1 nitrogen and oxygen atoms in total. The van der Waals surface area contributed by atoms with Crippen LogP contribution in [0.15, 0.2) is 17.5 Å². The van der Waals surface area contributed by atoms with Gasteiger partial charge in [0.25, 0.3) is 0 Å². The van der Waals surface area contributed by atoms with Crippen LogP contribution in [-0.2, 0) is 5.60 Å². The number of rotatable bonds is 1. The van der Waals surface area contributed by atoms with Gasteiger partial charge in [-0.1, -0.05) is 33.8 Å². The van der Waals surface area contributed by atoms with Crippen LogP contribution in [0, 0.1) is 10.8 Å². The smallest absolute Gasteiger partial charge is 0.0998 e. The van der Waals surface area contributed by atoms with Crippen molar-refractivity contribution in [2.75, 3.05) is 0 Å². The van der Waals surface area contributed by atoms with Crippen LogP contribution >= 0.6 is 11.3 Å². The summed E-state index contributed by atoms with van der Waals surface area (Å²) in [6.07, 6.45) is 2.95. The number of aliphatic hydroxyl groups is 1. The van der Waals surface area contributed by atoms with Crippen molar-refractivity contribution in [1.29, 1.82) is 0 Å². The Bertz CT molecular complexity index is 346. The standard InChI is InChI=1S/C14H22OS/c1-12(2)8-13(3,4)10-14(15,9-12)11-6-5-7-16-11/h5-7,15H,8-10H2,1-4H3. The fourth-order valence-electron chi connectivity index (χ4n) is 3.78. The number of hydrogen-bond donors (Lipinski definition) is 1. The first-order valence-corrected chi connectivity index (χ1v) is 6.87. The molecule has 0 amide bonds. The predicted molar refractivity (Wildman–Crippen MR) is 69.6 cm³/mol. The van der Waals surface area contributed by atoms with Gasteiger partial charge >= 0.3 is 0 Å². The molecule has 1 aromatic heterocycles. The first-order valence-electron chi connectivity index (χ1n) is 5.99. The molecule has 1 saturated carbocycles. The monoisotopic (exact) mass is 238 g/mol. The Kier molecular flexibility index (Phi) is 2.71. The lowest BCUT2D eigenvalue weighted by Gasteiger charge is -2.49. The minimum Gasteiger partial charge on any atom is -0.384 e. The van der Waals surface area contributed by atoms with Crippen LogP contribution in [0.1, 0.15) is 51.8 Å². The first-order chi connectivity index (χ1) is 7.23. The van der Waals surface area contributed by atoms with Crippen molar-refractivity contribution in [1.82, 2.24) is 0 Å². The predicted octanol–water partition coefficient (Wildman–Crippen LogP) is 4.17. The summed E-state index contributed by atoms with van der Waals surface area (Å²) in [5.41, 5.74) is -0.166. The first kappa shape index (κ1) is 12.1. The Morgan fingerprint density at radius 1 is 1.06 bits per heavy atom. The highest BCUT2D eigenvalue weighted by Crippen LogP contribution is 2.54. The molecule has 0 aliphatic heterocycles. The van der Waals surface area contributed by atoms with E-state index in [9.17, 15) is 5.11 Å². The Morgan fingerprint density at radius 2 is 1.62 bits per heavy atom. The third-order valence-electron chi connectivity index (χ3n) is 3.48. The maximum absolute atomic E-state index is 10.9. The fraction of sp³-hybridized carbons (Fsp3) is 0.714. The lowest BCUT2D eigenvalue weighted by molar-refractivity contribution is -0.0889. The van der Waals surface area contributed by atoms with Crippen LogP contribution in [0.25, 0.3) is 0 Å². The van der Waals surface area contributed by atoms with Crippen LogP contribution in [0.2, 0.25) is 0 Å². The number of hydrogen-bond acceptors (Lipinski definition) is 2. The second-order valence-electron chi connectivity index (χ2n) is 6.87. The minimum absolute atomic E-state index is 0.223. The van der Waals surface area contributed by atoms with Gasteiger partial charge < -0.3 is 5.11 Å². The van der Waals surface area contributed by atoms with Crippen LogP contribution in [0.5, 0.6) is 0 Å². The molecule has 0 radical (unpaired) electrons. The summed E-state index contributed by atoms with van der Waals surface area (Å²) in [6.45, 7) is 9.08. The van der Waals surface area contributed by atoms with Crippen molar-refractivity contribution in [3.05, 3.63) is 22.4 Å². The molecule has 1 aliphatic rings. The van der Waals surface area contributed by atoms with Gasteiger partial charge in [0.1, 0.15) is 0 Å². The molecule has 16 heavy (non-hydrogen) atoms. The van der Waals surface area contributed by atoms with Gasteiger partial charge in [0.2, 0.25) is 0 Å². The van der Waals surface area contributed by atoms with Crippen molar-refractivity contribution in [2.45, 2.75) is 52.6 Å². The summed E-state index contributed by atoms with van der Waals surface area (Å²) in [6, 6.07) is 4.11. The fourth-order valence-corrected chi connectivity index (χ4v) is 4.61. The van der Waals surface area contributed by atoms with Gasteiger partial charge in [0, 0.05) is 4.88 Å². The molecule has 0 aromatic carbocycles. The lowest BCUT2D eigenvalue weighted by Crippen LogP contribution is -2.43. The topological polar surface area (TPSA) is 20.2 Å². The van der Waals surface area contributed by atoms with E-state index in [0.29, 0.717) is 0 Å². The molecule has 1 N–H and O–H groups in total. The van der Waals surface area contributed by atoms with E-state index in [4.69, 9.17) is 0 Å². The average Bonchev–Trinajstić information content (AvgIpc) is 2.46. The molecule has 0 saturated heterocycles. The molecule has 1 aromatic rings. The molecule has 0 spiro atoms. The maximum atomic E-state index is 10.9. The summed E-state index contributed by atoms with van der Waals surface area (Å²) in [5, 5.41) is 13.0. The van der Waals surface area contributed by atoms with Crippen LogP contribution in [-0.4, -0.2) is 5.11 Å². The molecular weight excluding hydrogens is 216 g/mol. The van der Waals surface area contributed by atoms with Crippen molar-refractivity contribution in [3.8, 4) is 0 Å². The highest BCUT2D eigenvalue weighted by molar-refractivity contribution is 7.10. The summed E-state index contributed by atoms with van der Waals surface area (Å²) in [5.74, 6) is 0. The molecule has 1 heterocycles. The van der Waals surface area contributed by atoms with Crippen molar-refractivity contribution >= 4 is 11.3 Å². The molecule has 90 valence electrons. The molecule has 1 fully saturated rings. The molecule has 0 unspecified atom stereocenters. The Labute approximate surface area is 103 Å². The zero-order valence-electron chi connectivity index (χ0n) is 10.7. The summed E-state index contributed by atoms with van der Waals surface area (Å²) in [7, 11) is 0. The van der Waals surface area contributed by atoms with E-state index in [-0.39, 0.29) is 10.8 Å². The molecule has 0 atom stereocenters. The van der Waals surface area contributed by atoms with E-state index in [1.807, 2.05) is 6.07 Å². The summed E-state index contributed by atoms with van der Waals surface area (Å²) >= 11 is 1.68. The third-order valence-corrected chi connectivity index (χ3v) is 4.54. The van der Waals surface area contributed by atoms with Crippen molar-refractivity contribution in [2.24, 2.45) is 10.8 Å². The normalized spacial score (nSPS) is 26.6. The minimum atomic E-state index is -0.612. The molecular formula is C14H22OS. The van der Waals surface area contributed by atoms with Crippen molar-refractivity contribution in [3.63, 3.8) is 0 Å². The van der Waals surface area contributed by atoms with Crippen LogP contribution < -0.4 is 0 Å². The highest BCUT2D eigenvalue weighted by atomic mass is 32.1. The van der Waals surface area contributed by atoms with E-state index in [0.717, 1.165) is 17.7 Å². The van der Waals surface area contributed by atoms with Gasteiger partial charge in [-0.05, 0) is 41.5 Å². The summed E-state index contributed by atoms with van der Waals surface area (Å²) in [4.78, 5) is 1.13. The van der Waals surface area contributed by atoms with E-state index >= 15 is 0 Å². The lowest BCUT2D eigenvalue weighted by atomic mass is 9.59. The molecule has 2 heteroatoms. The molecule has 0 bridgehead atoms. The van der Waals surface area contributed by atoms with E-state index in [1.165, 1.54) is 6.42 Å². The van der Waals surface area contributed by atoms with Gasteiger partial charge in [-0.2, -0.15) is 0 Å². The SMILES string of the molecule is CC1(C)CC(C)(C)CC(O)(c2cccs2)C1. The van der Waals surface area contributed by atoms with Gasteiger partial charge in [-0.15, -0.1) is 11.3 Å². The van der Waals surface area contributed by atoms with Gasteiger partial charge in [-0.25, -0.2) is 0 Å². The largest absolute Gasteiger partial charge is 0.384 e. The van der Waals surface area contributed by atoms with E-state index in [1.54, 1.807) is 11.3 Å². The van der Waals surface area contributed by atoms with E-state index < -0.39 is 5.60 Å². The quantitative estimate of drug-likeness (QED) is 0.778. The second kappa shape index (κ2) is 3.58. The Balaban J connectivity index is 2.35.